The van der Waals surface area contributed by atoms with Gasteiger partial charge in [-0.2, -0.15) is 5.10 Å². The zero-order valence-electron chi connectivity index (χ0n) is 14.7. The standard InChI is InChI=1S/C18H22N4O3S/c1-25-18(24)14-10-12-11-21(8-3-9-22(12)20-14)17(23)16-6-5-15(26-16)13-4-2-7-19-13/h5-6,10,13,19H,2-4,7-9,11H2,1H3/t13-/m1/s1. The largest absolute Gasteiger partial charge is 0.464 e. The molecule has 0 radical (unpaired) electrons. The molecular weight excluding hydrogens is 352 g/mol. The van der Waals surface area contributed by atoms with Crippen molar-refractivity contribution >= 4 is 23.2 Å². The number of nitrogens with one attached hydrogen (secondary N) is 1. The number of thiophene rings is 1. The number of aryl methyl sites for hydroxylation is 1. The molecule has 1 saturated heterocycles. The van der Waals surface area contributed by atoms with Crippen LogP contribution in [-0.4, -0.2) is 46.8 Å². The van der Waals surface area contributed by atoms with Crippen molar-refractivity contribution in [3.8, 4) is 0 Å². The number of nitrogens with zero attached hydrogens (tertiary/aromatic N) is 3. The zero-order valence-corrected chi connectivity index (χ0v) is 15.6. The maximum Gasteiger partial charge on any atom is 0.358 e. The van der Waals surface area contributed by atoms with Gasteiger partial charge < -0.3 is 15.0 Å². The van der Waals surface area contributed by atoms with Crippen molar-refractivity contribution in [1.29, 1.82) is 0 Å². The summed E-state index contributed by atoms with van der Waals surface area (Å²) in [7, 11) is 1.34. The first-order valence-corrected chi connectivity index (χ1v) is 9.75. The number of methoxy groups -OCH3 is 1. The monoisotopic (exact) mass is 374 g/mol. The van der Waals surface area contributed by atoms with Crippen molar-refractivity contribution in [3.63, 3.8) is 0 Å². The van der Waals surface area contributed by atoms with E-state index in [1.165, 1.54) is 18.4 Å². The molecule has 1 fully saturated rings. The Morgan fingerprint density at radius 2 is 2.19 bits per heavy atom. The van der Waals surface area contributed by atoms with E-state index in [9.17, 15) is 9.59 Å². The summed E-state index contributed by atoms with van der Waals surface area (Å²) in [6.45, 7) is 2.88. The summed E-state index contributed by atoms with van der Waals surface area (Å²) in [5, 5.41) is 7.78. The van der Waals surface area contributed by atoms with Crippen LogP contribution >= 0.6 is 11.3 Å². The van der Waals surface area contributed by atoms with Gasteiger partial charge in [-0.1, -0.05) is 0 Å². The number of rotatable bonds is 3. The Morgan fingerprint density at radius 3 is 2.96 bits per heavy atom. The van der Waals surface area contributed by atoms with Crippen LogP contribution in [0, 0.1) is 0 Å². The maximum atomic E-state index is 13.0. The molecule has 2 aromatic rings. The van der Waals surface area contributed by atoms with Crippen LogP contribution in [0.5, 0.6) is 0 Å². The molecule has 2 aliphatic rings. The molecular formula is C18H22N4O3S. The highest BCUT2D eigenvalue weighted by Gasteiger charge is 2.25. The second-order valence-corrected chi connectivity index (χ2v) is 7.78. The second-order valence-electron chi connectivity index (χ2n) is 6.67. The van der Waals surface area contributed by atoms with Crippen LogP contribution in [0.4, 0.5) is 0 Å². The van der Waals surface area contributed by atoms with Crippen molar-refractivity contribution < 1.29 is 14.3 Å². The van der Waals surface area contributed by atoms with Crippen molar-refractivity contribution in [3.05, 3.63) is 39.3 Å². The predicted molar refractivity (Wildman–Crippen MR) is 97.2 cm³/mol. The fraction of sp³-hybridized carbons (Fsp3) is 0.500. The number of hydrogen-bond acceptors (Lipinski definition) is 6. The van der Waals surface area contributed by atoms with Gasteiger partial charge in [-0.05, 0) is 44.0 Å². The van der Waals surface area contributed by atoms with Crippen LogP contribution in [0.25, 0.3) is 0 Å². The van der Waals surface area contributed by atoms with E-state index in [0.717, 1.165) is 30.0 Å². The molecule has 0 saturated carbocycles. The Balaban J connectivity index is 1.51. The summed E-state index contributed by atoms with van der Waals surface area (Å²) < 4.78 is 6.55. The van der Waals surface area contributed by atoms with Gasteiger partial charge in [0.2, 0.25) is 0 Å². The Morgan fingerprint density at radius 1 is 1.31 bits per heavy atom. The minimum absolute atomic E-state index is 0.0496. The van der Waals surface area contributed by atoms with Crippen molar-refractivity contribution in [2.75, 3.05) is 20.2 Å². The molecule has 138 valence electrons. The lowest BCUT2D eigenvalue weighted by Gasteiger charge is -2.19. The van der Waals surface area contributed by atoms with Crippen LogP contribution in [0.3, 0.4) is 0 Å². The molecule has 1 amide bonds. The molecule has 2 aliphatic heterocycles. The predicted octanol–water partition coefficient (Wildman–Crippen LogP) is 2.20. The Bertz CT molecular complexity index is 822. The molecule has 0 aliphatic carbocycles. The molecule has 7 nitrogen and oxygen atoms in total. The summed E-state index contributed by atoms with van der Waals surface area (Å²) in [6, 6.07) is 6.11. The van der Waals surface area contributed by atoms with Gasteiger partial charge in [-0.15, -0.1) is 11.3 Å². The number of carbonyl (C=O) groups is 2. The number of aromatic nitrogens is 2. The molecule has 26 heavy (non-hydrogen) atoms. The van der Waals surface area contributed by atoms with Gasteiger partial charge in [0.15, 0.2) is 5.69 Å². The van der Waals surface area contributed by atoms with E-state index >= 15 is 0 Å². The van der Waals surface area contributed by atoms with Gasteiger partial charge in [-0.25, -0.2) is 4.79 Å². The third-order valence-corrected chi connectivity index (χ3v) is 6.12. The maximum absolute atomic E-state index is 13.0. The van der Waals surface area contributed by atoms with E-state index in [2.05, 4.69) is 16.5 Å². The summed E-state index contributed by atoms with van der Waals surface area (Å²) in [6.07, 6.45) is 3.13. The van der Waals surface area contributed by atoms with Crippen LogP contribution in [-0.2, 0) is 17.8 Å². The number of hydrogen-bond donors (Lipinski definition) is 1. The number of carbonyl (C=O) groups excluding carboxylic acids is 2. The Kier molecular flexibility index (Phi) is 4.78. The first kappa shape index (κ1) is 17.2. The molecule has 0 bridgehead atoms. The van der Waals surface area contributed by atoms with Gasteiger partial charge in [0.25, 0.3) is 5.91 Å². The number of esters is 1. The molecule has 2 aromatic heterocycles. The van der Waals surface area contributed by atoms with E-state index in [-0.39, 0.29) is 5.91 Å². The highest BCUT2D eigenvalue weighted by atomic mass is 32.1. The third-order valence-electron chi connectivity index (χ3n) is 4.94. The molecule has 8 heteroatoms. The fourth-order valence-corrected chi connectivity index (χ4v) is 4.66. The van der Waals surface area contributed by atoms with Crippen LogP contribution < -0.4 is 5.32 Å². The first-order valence-electron chi connectivity index (χ1n) is 8.93. The minimum Gasteiger partial charge on any atom is -0.464 e. The van der Waals surface area contributed by atoms with Gasteiger partial charge in [0, 0.05) is 24.0 Å². The van der Waals surface area contributed by atoms with E-state index in [4.69, 9.17) is 4.74 Å². The average molecular weight is 374 g/mol. The third kappa shape index (κ3) is 3.26. The van der Waals surface area contributed by atoms with E-state index < -0.39 is 5.97 Å². The minimum atomic E-state index is -0.449. The summed E-state index contributed by atoms with van der Waals surface area (Å²) in [5.74, 6) is -0.399. The smallest absolute Gasteiger partial charge is 0.358 e. The van der Waals surface area contributed by atoms with Crippen LogP contribution in [0.2, 0.25) is 0 Å². The first-order chi connectivity index (χ1) is 12.7. The molecule has 1 atom stereocenters. The SMILES string of the molecule is COC(=O)c1cc2n(n1)CCCN(C(=O)c1ccc([C@H]3CCCN3)s1)C2. The zero-order chi connectivity index (χ0) is 18.1. The number of amides is 1. The molecule has 0 aromatic carbocycles. The fourth-order valence-electron chi connectivity index (χ4n) is 3.58. The quantitative estimate of drug-likeness (QED) is 0.834. The van der Waals surface area contributed by atoms with Crippen molar-refractivity contribution in [2.24, 2.45) is 0 Å². The summed E-state index contributed by atoms with van der Waals surface area (Å²) in [4.78, 5) is 28.5. The molecule has 0 unspecified atom stereocenters. The Hall–Kier alpha value is -2.19. The summed E-state index contributed by atoms with van der Waals surface area (Å²) in [5.41, 5.74) is 1.16. The number of fused-ring (bicyclic) bond motifs is 1. The Labute approximate surface area is 155 Å². The highest BCUT2D eigenvalue weighted by Crippen LogP contribution is 2.30. The molecule has 4 heterocycles. The van der Waals surface area contributed by atoms with Gasteiger partial charge in [-0.3, -0.25) is 9.48 Å². The molecule has 4 rings (SSSR count). The van der Waals surface area contributed by atoms with Gasteiger partial charge in [0.05, 0.1) is 24.2 Å². The lowest BCUT2D eigenvalue weighted by Crippen LogP contribution is -2.30. The van der Waals surface area contributed by atoms with Crippen molar-refractivity contribution in [2.45, 2.75) is 38.4 Å². The second kappa shape index (κ2) is 7.20. The van der Waals surface area contributed by atoms with E-state index in [1.807, 2.05) is 15.6 Å². The van der Waals surface area contributed by atoms with Gasteiger partial charge in [0.1, 0.15) is 0 Å². The van der Waals surface area contributed by atoms with Crippen LogP contribution in [0.1, 0.15) is 56.0 Å². The van der Waals surface area contributed by atoms with Crippen molar-refractivity contribution in [1.82, 2.24) is 20.0 Å². The summed E-state index contributed by atoms with van der Waals surface area (Å²) >= 11 is 1.58. The van der Waals surface area contributed by atoms with Gasteiger partial charge >= 0.3 is 5.97 Å². The van der Waals surface area contributed by atoms with E-state index in [0.29, 0.717) is 31.4 Å². The lowest BCUT2D eigenvalue weighted by atomic mass is 10.2. The molecule has 0 spiro atoms. The van der Waals surface area contributed by atoms with E-state index in [1.54, 1.807) is 17.4 Å². The molecule has 1 N–H and O–H groups in total. The topological polar surface area (TPSA) is 76.5 Å². The average Bonchev–Trinajstić information content (AvgIpc) is 3.38. The normalized spacial score (nSPS) is 19.9. The number of ether oxygens (including phenoxy) is 1. The lowest BCUT2D eigenvalue weighted by molar-refractivity contribution is 0.0593. The highest BCUT2D eigenvalue weighted by molar-refractivity contribution is 7.14. The van der Waals surface area contributed by atoms with Crippen LogP contribution in [0.15, 0.2) is 18.2 Å².